The van der Waals surface area contributed by atoms with Crippen LogP contribution in [0.3, 0.4) is 0 Å². The van der Waals surface area contributed by atoms with Gasteiger partial charge in [-0.2, -0.15) is 0 Å². The Labute approximate surface area is 125 Å². The summed E-state index contributed by atoms with van der Waals surface area (Å²) in [5, 5.41) is 0. The molecule has 21 heavy (non-hydrogen) atoms. The summed E-state index contributed by atoms with van der Waals surface area (Å²) in [7, 11) is 1.60. The topological polar surface area (TPSA) is 38.8 Å². The van der Waals surface area contributed by atoms with Crippen molar-refractivity contribution in [2.45, 2.75) is 26.9 Å². The largest absolute Gasteiger partial charge is 0.481 e. The average molecular weight is 297 g/mol. The summed E-state index contributed by atoms with van der Waals surface area (Å²) < 4.78 is 23.7. The normalized spacial score (nSPS) is 12.3. The molecule has 0 aliphatic heterocycles. The monoisotopic (exact) mass is 297 g/mol. The number of hydrogen-bond donors (Lipinski definition) is 0. The van der Waals surface area contributed by atoms with Gasteiger partial charge in [0, 0.05) is 26.3 Å². The van der Waals surface area contributed by atoms with E-state index in [0.29, 0.717) is 31.4 Å². The third-order valence-corrected chi connectivity index (χ3v) is 2.92. The van der Waals surface area contributed by atoms with Gasteiger partial charge in [0.2, 0.25) is 0 Å². The summed E-state index contributed by atoms with van der Waals surface area (Å²) in [6.45, 7) is 7.40. The summed E-state index contributed by atoms with van der Waals surface area (Å²) in [6, 6.07) is 5.79. The van der Waals surface area contributed by atoms with E-state index >= 15 is 0 Å². The van der Waals surface area contributed by atoms with Crippen molar-refractivity contribution < 1.29 is 18.7 Å². The molecule has 0 aliphatic rings. The first-order chi connectivity index (χ1) is 9.93. The van der Waals surface area contributed by atoms with Crippen molar-refractivity contribution in [1.82, 2.24) is 4.90 Å². The van der Waals surface area contributed by atoms with Crippen molar-refractivity contribution in [3.05, 3.63) is 30.1 Å². The van der Waals surface area contributed by atoms with Crippen molar-refractivity contribution in [2.24, 2.45) is 5.92 Å². The molecule has 5 heteroatoms. The molecule has 0 fully saturated rings. The highest BCUT2D eigenvalue weighted by Crippen LogP contribution is 2.15. The molecule has 0 saturated carbocycles. The van der Waals surface area contributed by atoms with Gasteiger partial charge in [-0.1, -0.05) is 19.9 Å². The molecule has 0 bridgehead atoms. The fourth-order valence-corrected chi connectivity index (χ4v) is 1.99. The molecule has 0 heterocycles. The molecular formula is C16H24FNO3. The van der Waals surface area contributed by atoms with Crippen LogP contribution in [-0.2, 0) is 9.53 Å². The number of carbonyl (C=O) groups excluding carboxylic acids is 1. The van der Waals surface area contributed by atoms with Crippen molar-refractivity contribution in [2.75, 3.05) is 26.8 Å². The number of carbonyl (C=O) groups is 1. The van der Waals surface area contributed by atoms with E-state index in [4.69, 9.17) is 9.47 Å². The number of benzene rings is 1. The number of halogens is 1. The number of ether oxygens (including phenoxy) is 2. The van der Waals surface area contributed by atoms with Crippen molar-refractivity contribution in [3.8, 4) is 5.75 Å². The fraction of sp³-hybridized carbons (Fsp3) is 0.562. The molecule has 0 aromatic heterocycles. The lowest BCUT2D eigenvalue weighted by atomic mass is 10.2. The van der Waals surface area contributed by atoms with Gasteiger partial charge in [-0.3, -0.25) is 4.79 Å². The zero-order chi connectivity index (χ0) is 15.8. The predicted molar refractivity (Wildman–Crippen MR) is 79.8 cm³/mol. The number of nitrogens with zero attached hydrogens (tertiary/aromatic N) is 1. The van der Waals surface area contributed by atoms with E-state index in [9.17, 15) is 9.18 Å². The highest BCUT2D eigenvalue weighted by Gasteiger charge is 2.22. The van der Waals surface area contributed by atoms with Crippen molar-refractivity contribution >= 4 is 5.91 Å². The highest BCUT2D eigenvalue weighted by molar-refractivity contribution is 5.80. The maximum Gasteiger partial charge on any atom is 0.263 e. The Hall–Kier alpha value is -1.62. The van der Waals surface area contributed by atoms with Crippen LogP contribution in [0.25, 0.3) is 0 Å². The number of rotatable bonds is 8. The molecule has 118 valence electrons. The van der Waals surface area contributed by atoms with Gasteiger partial charge in [-0.05, 0) is 25.0 Å². The molecular weight excluding hydrogens is 273 g/mol. The molecule has 0 N–H and O–H groups in total. The Balaban J connectivity index is 2.68. The maximum absolute atomic E-state index is 13.1. The van der Waals surface area contributed by atoms with Gasteiger partial charge in [0.25, 0.3) is 5.91 Å². The van der Waals surface area contributed by atoms with E-state index in [1.165, 1.54) is 12.1 Å². The first kappa shape index (κ1) is 17.4. The van der Waals surface area contributed by atoms with Crippen LogP contribution in [0.4, 0.5) is 4.39 Å². The van der Waals surface area contributed by atoms with Crippen LogP contribution in [0, 0.1) is 11.7 Å². The highest BCUT2D eigenvalue weighted by atomic mass is 19.1. The molecule has 1 rings (SSSR count). The van der Waals surface area contributed by atoms with E-state index in [-0.39, 0.29) is 11.7 Å². The minimum Gasteiger partial charge on any atom is -0.481 e. The quantitative estimate of drug-likeness (QED) is 0.740. The van der Waals surface area contributed by atoms with E-state index in [0.717, 1.165) is 0 Å². The Morgan fingerprint density at radius 3 is 2.62 bits per heavy atom. The molecule has 1 aromatic carbocycles. The minimum atomic E-state index is -0.664. The minimum absolute atomic E-state index is 0.120. The van der Waals surface area contributed by atoms with Crippen LogP contribution in [0.2, 0.25) is 0 Å². The van der Waals surface area contributed by atoms with E-state index in [1.54, 1.807) is 31.1 Å². The lowest BCUT2D eigenvalue weighted by molar-refractivity contribution is -0.139. The third-order valence-electron chi connectivity index (χ3n) is 2.92. The number of methoxy groups -OCH3 is 1. The smallest absolute Gasteiger partial charge is 0.263 e. The molecule has 0 radical (unpaired) electrons. The van der Waals surface area contributed by atoms with Gasteiger partial charge in [-0.15, -0.1) is 0 Å². The molecule has 4 nitrogen and oxygen atoms in total. The van der Waals surface area contributed by atoms with Crippen LogP contribution in [0.5, 0.6) is 5.75 Å². The zero-order valence-corrected chi connectivity index (χ0v) is 13.1. The second-order valence-corrected chi connectivity index (χ2v) is 5.39. The van der Waals surface area contributed by atoms with Gasteiger partial charge < -0.3 is 14.4 Å². The molecule has 0 spiro atoms. The molecule has 1 amide bonds. The van der Waals surface area contributed by atoms with Crippen LogP contribution < -0.4 is 4.74 Å². The van der Waals surface area contributed by atoms with E-state index < -0.39 is 6.10 Å². The lowest BCUT2D eigenvalue weighted by Crippen LogP contribution is -2.43. The summed E-state index contributed by atoms with van der Waals surface area (Å²) in [5.41, 5.74) is 0. The van der Waals surface area contributed by atoms with Gasteiger partial charge in [0.15, 0.2) is 6.10 Å². The van der Waals surface area contributed by atoms with Crippen molar-refractivity contribution in [1.29, 1.82) is 0 Å². The number of amides is 1. The zero-order valence-electron chi connectivity index (χ0n) is 13.1. The van der Waals surface area contributed by atoms with Gasteiger partial charge >= 0.3 is 0 Å². The average Bonchev–Trinajstić information content (AvgIpc) is 2.42. The Bertz CT molecular complexity index is 451. The molecule has 1 aromatic rings. The Morgan fingerprint density at radius 2 is 2.05 bits per heavy atom. The van der Waals surface area contributed by atoms with Crippen LogP contribution in [-0.4, -0.2) is 43.7 Å². The number of hydrogen-bond acceptors (Lipinski definition) is 3. The lowest BCUT2D eigenvalue weighted by Gasteiger charge is -2.27. The van der Waals surface area contributed by atoms with E-state index in [2.05, 4.69) is 0 Å². The van der Waals surface area contributed by atoms with Crippen LogP contribution >= 0.6 is 0 Å². The SMILES string of the molecule is COCCN(CC(C)C)C(=O)C(C)Oc1cccc(F)c1. The maximum atomic E-state index is 13.1. The molecule has 0 aliphatic carbocycles. The predicted octanol–water partition coefficient (Wildman–Crippen LogP) is 2.72. The second-order valence-electron chi connectivity index (χ2n) is 5.39. The van der Waals surface area contributed by atoms with E-state index in [1.807, 2.05) is 13.8 Å². The van der Waals surface area contributed by atoms with Crippen molar-refractivity contribution in [3.63, 3.8) is 0 Å². The Morgan fingerprint density at radius 1 is 1.33 bits per heavy atom. The summed E-state index contributed by atoms with van der Waals surface area (Å²) in [4.78, 5) is 14.1. The molecule has 0 saturated heterocycles. The molecule has 1 atom stereocenters. The van der Waals surface area contributed by atoms with Gasteiger partial charge in [0.1, 0.15) is 11.6 Å². The first-order valence-electron chi connectivity index (χ1n) is 7.14. The standard InChI is InChI=1S/C16H24FNO3/c1-12(2)11-18(8-9-20-4)16(19)13(3)21-15-7-5-6-14(17)10-15/h5-7,10,12-13H,8-9,11H2,1-4H3. The first-order valence-corrected chi connectivity index (χ1v) is 7.14. The van der Waals surface area contributed by atoms with Gasteiger partial charge in [0.05, 0.1) is 6.61 Å². The summed E-state index contributed by atoms with van der Waals surface area (Å²) in [6.07, 6.45) is -0.664. The summed E-state index contributed by atoms with van der Waals surface area (Å²) in [5.74, 6) is 0.204. The third kappa shape index (κ3) is 6.12. The van der Waals surface area contributed by atoms with Crippen LogP contribution in [0.15, 0.2) is 24.3 Å². The van der Waals surface area contributed by atoms with Gasteiger partial charge in [-0.25, -0.2) is 4.39 Å². The fourth-order valence-electron chi connectivity index (χ4n) is 1.99. The summed E-state index contributed by atoms with van der Waals surface area (Å²) >= 11 is 0. The Kier molecular flexibility index (Phi) is 7.15. The second kappa shape index (κ2) is 8.62. The molecule has 1 unspecified atom stereocenters. The van der Waals surface area contributed by atoms with Crippen LogP contribution in [0.1, 0.15) is 20.8 Å².